The van der Waals surface area contributed by atoms with Crippen LogP contribution in [0.1, 0.15) is 12.8 Å². The predicted molar refractivity (Wildman–Crippen MR) is 44.4 cm³/mol. The largest absolute Gasteiger partial charge is 0.481 e. The standard InChI is InChI=1S/C8H13NO4/c1-9-4-2-3-5(7(10)11)6(9)8(12)13/h5-6H,2-4H2,1H3,(H,10,11)(H,12,13)/t5-,6-/m0/s1. The first-order chi connectivity index (χ1) is 6.04. The molecule has 2 N–H and O–H groups in total. The Hall–Kier alpha value is -1.10. The van der Waals surface area contributed by atoms with Gasteiger partial charge in [0.05, 0.1) is 5.92 Å². The van der Waals surface area contributed by atoms with E-state index in [0.29, 0.717) is 13.0 Å². The lowest BCUT2D eigenvalue weighted by Crippen LogP contribution is -2.50. The van der Waals surface area contributed by atoms with E-state index < -0.39 is 23.9 Å². The van der Waals surface area contributed by atoms with E-state index in [9.17, 15) is 9.59 Å². The molecular formula is C8H13NO4. The van der Waals surface area contributed by atoms with Gasteiger partial charge in [0.15, 0.2) is 0 Å². The fourth-order valence-electron chi connectivity index (χ4n) is 1.78. The van der Waals surface area contributed by atoms with Crippen molar-refractivity contribution in [1.29, 1.82) is 0 Å². The van der Waals surface area contributed by atoms with Crippen molar-refractivity contribution in [1.82, 2.24) is 4.90 Å². The minimum atomic E-state index is -1.05. The summed E-state index contributed by atoms with van der Waals surface area (Å²) in [6, 6.07) is -0.869. The molecule has 0 saturated carbocycles. The van der Waals surface area contributed by atoms with Gasteiger partial charge in [-0.15, -0.1) is 0 Å². The molecule has 0 aromatic heterocycles. The normalized spacial score (nSPS) is 29.9. The molecule has 0 aliphatic carbocycles. The molecular weight excluding hydrogens is 174 g/mol. The summed E-state index contributed by atoms with van der Waals surface area (Å²) in [5.41, 5.74) is 0. The molecule has 1 saturated heterocycles. The van der Waals surface area contributed by atoms with Crippen LogP contribution in [0.3, 0.4) is 0 Å². The van der Waals surface area contributed by atoms with Crippen LogP contribution < -0.4 is 0 Å². The molecule has 0 aromatic carbocycles. The van der Waals surface area contributed by atoms with Gasteiger partial charge in [0.2, 0.25) is 0 Å². The first kappa shape index (κ1) is 9.98. The minimum absolute atomic E-state index is 0.455. The van der Waals surface area contributed by atoms with Gasteiger partial charge in [0, 0.05) is 0 Å². The molecule has 0 bridgehead atoms. The molecule has 1 rings (SSSR count). The molecule has 2 atom stereocenters. The number of hydrogen-bond acceptors (Lipinski definition) is 3. The van der Waals surface area contributed by atoms with Gasteiger partial charge in [-0.05, 0) is 26.4 Å². The molecule has 0 spiro atoms. The molecule has 0 amide bonds. The third kappa shape index (κ3) is 1.98. The maximum absolute atomic E-state index is 10.8. The first-order valence-electron chi connectivity index (χ1n) is 4.20. The Kier molecular flexibility index (Phi) is 2.87. The van der Waals surface area contributed by atoms with Crippen molar-refractivity contribution in [2.24, 2.45) is 5.92 Å². The van der Waals surface area contributed by atoms with Crippen molar-refractivity contribution >= 4 is 11.9 Å². The summed E-state index contributed by atoms with van der Waals surface area (Å²) < 4.78 is 0. The van der Waals surface area contributed by atoms with E-state index in [1.54, 1.807) is 11.9 Å². The van der Waals surface area contributed by atoms with Gasteiger partial charge in [0.1, 0.15) is 6.04 Å². The van der Waals surface area contributed by atoms with Crippen LogP contribution >= 0.6 is 0 Å². The Labute approximate surface area is 76.0 Å². The quantitative estimate of drug-likeness (QED) is 0.629. The zero-order valence-electron chi connectivity index (χ0n) is 7.43. The number of aliphatic carboxylic acids is 2. The maximum Gasteiger partial charge on any atom is 0.321 e. The smallest absolute Gasteiger partial charge is 0.321 e. The van der Waals surface area contributed by atoms with Crippen LogP contribution in [0.2, 0.25) is 0 Å². The zero-order chi connectivity index (χ0) is 10.0. The topological polar surface area (TPSA) is 77.8 Å². The van der Waals surface area contributed by atoms with Gasteiger partial charge in [0.25, 0.3) is 0 Å². The third-order valence-corrected chi connectivity index (χ3v) is 2.45. The number of carbonyl (C=O) groups is 2. The average Bonchev–Trinajstić information content (AvgIpc) is 2.02. The Bertz CT molecular complexity index is 228. The molecule has 0 unspecified atom stereocenters. The summed E-state index contributed by atoms with van der Waals surface area (Å²) in [6.45, 7) is 0.654. The zero-order valence-corrected chi connectivity index (χ0v) is 7.43. The Morgan fingerprint density at radius 1 is 1.31 bits per heavy atom. The van der Waals surface area contributed by atoms with Gasteiger partial charge >= 0.3 is 11.9 Å². The Morgan fingerprint density at radius 3 is 2.31 bits per heavy atom. The van der Waals surface area contributed by atoms with Crippen molar-refractivity contribution in [3.8, 4) is 0 Å². The number of piperidine rings is 1. The average molecular weight is 187 g/mol. The van der Waals surface area contributed by atoms with E-state index in [2.05, 4.69) is 0 Å². The molecule has 1 fully saturated rings. The summed E-state index contributed by atoms with van der Waals surface area (Å²) in [7, 11) is 1.65. The molecule has 5 heteroatoms. The van der Waals surface area contributed by atoms with Crippen LogP contribution in [0.15, 0.2) is 0 Å². The number of carboxylic acid groups (broad SMARTS) is 2. The fraction of sp³-hybridized carbons (Fsp3) is 0.750. The van der Waals surface area contributed by atoms with E-state index in [-0.39, 0.29) is 0 Å². The second-order valence-electron chi connectivity index (χ2n) is 3.35. The predicted octanol–water partition coefficient (Wildman–Crippen LogP) is -0.134. The highest BCUT2D eigenvalue weighted by molar-refractivity contribution is 5.82. The lowest BCUT2D eigenvalue weighted by Gasteiger charge is -2.33. The monoisotopic (exact) mass is 187 g/mol. The molecule has 13 heavy (non-hydrogen) atoms. The van der Waals surface area contributed by atoms with Crippen LogP contribution in [0.4, 0.5) is 0 Å². The molecule has 0 radical (unpaired) electrons. The number of likely N-dealkylation sites (tertiary alicyclic amines) is 1. The highest BCUT2D eigenvalue weighted by atomic mass is 16.4. The van der Waals surface area contributed by atoms with E-state index >= 15 is 0 Å². The number of nitrogens with zero attached hydrogens (tertiary/aromatic N) is 1. The minimum Gasteiger partial charge on any atom is -0.481 e. The van der Waals surface area contributed by atoms with Crippen LogP contribution in [-0.2, 0) is 9.59 Å². The lowest BCUT2D eigenvalue weighted by molar-refractivity contribution is -0.157. The van der Waals surface area contributed by atoms with Gasteiger partial charge in [-0.25, -0.2) is 0 Å². The summed E-state index contributed by atoms with van der Waals surface area (Å²) in [5.74, 6) is -2.83. The number of rotatable bonds is 2. The highest BCUT2D eigenvalue weighted by Gasteiger charge is 2.39. The second-order valence-corrected chi connectivity index (χ2v) is 3.35. The lowest BCUT2D eigenvalue weighted by atomic mass is 9.90. The Morgan fingerprint density at radius 2 is 1.92 bits per heavy atom. The number of likely N-dealkylation sites (N-methyl/N-ethyl adjacent to an activating group) is 1. The molecule has 5 nitrogen and oxygen atoms in total. The van der Waals surface area contributed by atoms with Crippen LogP contribution in [-0.4, -0.2) is 46.7 Å². The maximum atomic E-state index is 10.8. The van der Waals surface area contributed by atoms with E-state index in [4.69, 9.17) is 10.2 Å². The number of hydrogen-bond donors (Lipinski definition) is 2. The van der Waals surface area contributed by atoms with Crippen molar-refractivity contribution < 1.29 is 19.8 Å². The van der Waals surface area contributed by atoms with Crippen LogP contribution in [0.25, 0.3) is 0 Å². The third-order valence-electron chi connectivity index (χ3n) is 2.45. The Balaban J connectivity index is 2.80. The van der Waals surface area contributed by atoms with Crippen LogP contribution in [0, 0.1) is 5.92 Å². The summed E-state index contributed by atoms with van der Waals surface area (Å²) >= 11 is 0. The summed E-state index contributed by atoms with van der Waals surface area (Å²) in [6.07, 6.45) is 1.20. The van der Waals surface area contributed by atoms with Gasteiger partial charge in [-0.2, -0.15) is 0 Å². The van der Waals surface area contributed by atoms with Crippen molar-refractivity contribution in [2.45, 2.75) is 18.9 Å². The van der Waals surface area contributed by atoms with E-state index in [1.807, 2.05) is 0 Å². The van der Waals surface area contributed by atoms with E-state index in [1.165, 1.54) is 0 Å². The molecule has 1 aliphatic rings. The van der Waals surface area contributed by atoms with Gasteiger partial charge in [-0.3, -0.25) is 14.5 Å². The van der Waals surface area contributed by atoms with Gasteiger partial charge < -0.3 is 10.2 Å². The highest BCUT2D eigenvalue weighted by Crippen LogP contribution is 2.22. The first-order valence-corrected chi connectivity index (χ1v) is 4.20. The molecule has 0 aromatic rings. The fourth-order valence-corrected chi connectivity index (χ4v) is 1.78. The SMILES string of the molecule is CN1CCC[C@H](C(=O)O)[C@H]1C(=O)O. The molecule has 1 aliphatic heterocycles. The molecule has 1 heterocycles. The number of carboxylic acids is 2. The van der Waals surface area contributed by atoms with Crippen molar-refractivity contribution in [3.63, 3.8) is 0 Å². The molecule has 74 valence electrons. The van der Waals surface area contributed by atoms with E-state index in [0.717, 1.165) is 6.42 Å². The van der Waals surface area contributed by atoms with Crippen molar-refractivity contribution in [3.05, 3.63) is 0 Å². The van der Waals surface area contributed by atoms with Gasteiger partial charge in [-0.1, -0.05) is 0 Å². The second kappa shape index (κ2) is 3.74. The summed E-state index contributed by atoms with van der Waals surface area (Å²) in [5, 5.41) is 17.6. The van der Waals surface area contributed by atoms with Crippen LogP contribution in [0.5, 0.6) is 0 Å². The van der Waals surface area contributed by atoms with Crippen molar-refractivity contribution in [2.75, 3.05) is 13.6 Å². The summed E-state index contributed by atoms with van der Waals surface area (Å²) in [4.78, 5) is 23.1.